The Morgan fingerprint density at radius 2 is 1.77 bits per heavy atom. The summed E-state index contributed by atoms with van der Waals surface area (Å²) in [6, 6.07) is 10.9. The number of nitrogens with one attached hydrogen (secondary N) is 1. The molecule has 1 N–H and O–H groups in total. The molecule has 0 fully saturated rings. The number of sulfone groups is 1. The van der Waals surface area contributed by atoms with E-state index in [1.165, 1.54) is 18.2 Å². The molecule has 116 valence electrons. The highest BCUT2D eigenvalue weighted by molar-refractivity contribution is 7.91. The number of para-hydroxylation sites is 1. The van der Waals surface area contributed by atoms with Gasteiger partial charge >= 0.3 is 0 Å². The van der Waals surface area contributed by atoms with Gasteiger partial charge in [-0.1, -0.05) is 48.3 Å². The van der Waals surface area contributed by atoms with E-state index in [9.17, 15) is 13.2 Å². The third-order valence-corrected chi connectivity index (χ3v) is 5.65. The Hall–Kier alpha value is -1.56. The Bertz CT molecular complexity index is 819. The van der Waals surface area contributed by atoms with Crippen LogP contribution in [0.5, 0.6) is 0 Å². The van der Waals surface area contributed by atoms with Crippen molar-refractivity contribution in [2.75, 3.05) is 11.1 Å². The molecule has 0 radical (unpaired) electrons. The lowest BCUT2D eigenvalue weighted by atomic mass is 10.2. The Labute approximate surface area is 139 Å². The van der Waals surface area contributed by atoms with Crippen LogP contribution >= 0.6 is 23.2 Å². The van der Waals surface area contributed by atoms with E-state index in [1.54, 1.807) is 31.2 Å². The minimum absolute atomic E-state index is 0.0577. The van der Waals surface area contributed by atoms with Gasteiger partial charge in [0.25, 0.3) is 5.91 Å². The summed E-state index contributed by atoms with van der Waals surface area (Å²) in [6.45, 7) is 1.54. The van der Waals surface area contributed by atoms with Gasteiger partial charge in [-0.05, 0) is 24.3 Å². The van der Waals surface area contributed by atoms with Gasteiger partial charge in [0.2, 0.25) is 0 Å². The van der Waals surface area contributed by atoms with Crippen molar-refractivity contribution in [1.82, 2.24) is 0 Å². The SMILES string of the molecule is CCS(=O)(=O)c1ccccc1NC(=O)c1cccc(Cl)c1Cl. The van der Waals surface area contributed by atoms with Gasteiger partial charge < -0.3 is 5.32 Å². The molecule has 2 aromatic carbocycles. The summed E-state index contributed by atoms with van der Waals surface area (Å²) in [5, 5.41) is 2.95. The maximum absolute atomic E-state index is 12.3. The average molecular weight is 358 g/mol. The first kappa shape index (κ1) is 16.8. The smallest absolute Gasteiger partial charge is 0.257 e. The molecule has 0 heterocycles. The number of hydrogen-bond donors (Lipinski definition) is 1. The first-order chi connectivity index (χ1) is 10.4. The van der Waals surface area contributed by atoms with Crippen LogP contribution in [-0.2, 0) is 9.84 Å². The van der Waals surface area contributed by atoms with Crippen molar-refractivity contribution in [3.8, 4) is 0 Å². The van der Waals surface area contributed by atoms with Gasteiger partial charge in [0.05, 0.1) is 31.9 Å². The molecule has 0 aliphatic carbocycles. The second kappa shape index (κ2) is 6.69. The predicted molar refractivity (Wildman–Crippen MR) is 88.6 cm³/mol. The zero-order valence-electron chi connectivity index (χ0n) is 11.6. The van der Waals surface area contributed by atoms with E-state index >= 15 is 0 Å². The number of carbonyl (C=O) groups excluding carboxylic acids is 1. The summed E-state index contributed by atoms with van der Waals surface area (Å²) in [4.78, 5) is 12.4. The van der Waals surface area contributed by atoms with E-state index < -0.39 is 15.7 Å². The van der Waals surface area contributed by atoms with Crippen molar-refractivity contribution in [3.63, 3.8) is 0 Å². The molecule has 1 amide bonds. The maximum atomic E-state index is 12.3. The molecule has 2 aromatic rings. The van der Waals surface area contributed by atoms with Gasteiger partial charge in [-0.3, -0.25) is 4.79 Å². The minimum Gasteiger partial charge on any atom is -0.321 e. The summed E-state index contributed by atoms with van der Waals surface area (Å²) >= 11 is 11.9. The van der Waals surface area contributed by atoms with Crippen LogP contribution in [0.4, 0.5) is 5.69 Å². The lowest BCUT2D eigenvalue weighted by Crippen LogP contribution is -2.16. The highest BCUT2D eigenvalue weighted by Gasteiger charge is 2.19. The molecule has 0 aromatic heterocycles. The Kier molecular flexibility index (Phi) is 5.11. The zero-order chi connectivity index (χ0) is 16.3. The van der Waals surface area contributed by atoms with E-state index in [0.717, 1.165) is 0 Å². The number of amides is 1. The predicted octanol–water partition coefficient (Wildman–Crippen LogP) is 4.04. The third kappa shape index (κ3) is 3.43. The molecular formula is C15H13Cl2NO3S. The molecule has 7 heteroatoms. The van der Waals surface area contributed by atoms with Gasteiger partial charge in [0, 0.05) is 0 Å². The van der Waals surface area contributed by atoms with Crippen molar-refractivity contribution < 1.29 is 13.2 Å². The zero-order valence-corrected chi connectivity index (χ0v) is 14.0. The van der Waals surface area contributed by atoms with Crippen molar-refractivity contribution in [1.29, 1.82) is 0 Å². The van der Waals surface area contributed by atoms with E-state index in [4.69, 9.17) is 23.2 Å². The van der Waals surface area contributed by atoms with Crippen molar-refractivity contribution in [2.45, 2.75) is 11.8 Å². The molecule has 0 spiro atoms. The Morgan fingerprint density at radius 3 is 2.45 bits per heavy atom. The molecule has 0 atom stereocenters. The number of rotatable bonds is 4. The molecule has 0 unspecified atom stereocenters. The molecule has 0 saturated heterocycles. The van der Waals surface area contributed by atoms with Gasteiger partial charge in [-0.2, -0.15) is 0 Å². The van der Waals surface area contributed by atoms with Crippen LogP contribution in [0.15, 0.2) is 47.4 Å². The molecular weight excluding hydrogens is 345 g/mol. The van der Waals surface area contributed by atoms with E-state index in [0.29, 0.717) is 0 Å². The number of halogens is 2. The topological polar surface area (TPSA) is 63.2 Å². The summed E-state index contributed by atoms with van der Waals surface area (Å²) in [5.74, 6) is -0.580. The molecule has 0 saturated carbocycles. The fraction of sp³-hybridized carbons (Fsp3) is 0.133. The summed E-state index contributed by atoms with van der Waals surface area (Å²) in [6.07, 6.45) is 0. The van der Waals surface area contributed by atoms with Gasteiger partial charge in [0.15, 0.2) is 9.84 Å². The largest absolute Gasteiger partial charge is 0.321 e. The van der Waals surface area contributed by atoms with E-state index in [1.807, 2.05) is 0 Å². The van der Waals surface area contributed by atoms with Crippen LogP contribution in [0.2, 0.25) is 10.0 Å². The van der Waals surface area contributed by atoms with Crippen LogP contribution in [0, 0.1) is 0 Å². The third-order valence-electron chi connectivity index (χ3n) is 3.05. The van der Waals surface area contributed by atoms with Crippen LogP contribution in [0.1, 0.15) is 17.3 Å². The Morgan fingerprint density at radius 1 is 1.09 bits per heavy atom. The van der Waals surface area contributed by atoms with Crippen LogP contribution in [0.3, 0.4) is 0 Å². The minimum atomic E-state index is -3.45. The standard InChI is InChI=1S/C15H13Cl2NO3S/c1-2-22(20,21)13-9-4-3-8-12(13)18-15(19)10-6-5-7-11(16)14(10)17/h3-9H,2H2,1H3,(H,18,19). The molecule has 0 aliphatic rings. The second-order valence-corrected chi connectivity index (χ2v) is 7.49. The fourth-order valence-electron chi connectivity index (χ4n) is 1.87. The first-order valence-corrected chi connectivity index (χ1v) is 8.84. The lowest BCUT2D eigenvalue weighted by Gasteiger charge is -2.11. The number of benzene rings is 2. The van der Waals surface area contributed by atoms with Gasteiger partial charge in [-0.15, -0.1) is 0 Å². The van der Waals surface area contributed by atoms with E-state index in [2.05, 4.69) is 5.32 Å². The normalized spacial score (nSPS) is 11.2. The average Bonchev–Trinajstić information content (AvgIpc) is 2.50. The maximum Gasteiger partial charge on any atom is 0.257 e. The Balaban J connectivity index is 2.40. The fourth-order valence-corrected chi connectivity index (χ4v) is 3.30. The van der Waals surface area contributed by atoms with Crippen LogP contribution in [0.25, 0.3) is 0 Å². The van der Waals surface area contributed by atoms with Crippen molar-refractivity contribution in [3.05, 3.63) is 58.1 Å². The van der Waals surface area contributed by atoms with E-state index in [-0.39, 0.29) is 31.9 Å². The first-order valence-electron chi connectivity index (χ1n) is 6.44. The lowest BCUT2D eigenvalue weighted by molar-refractivity contribution is 0.102. The molecule has 22 heavy (non-hydrogen) atoms. The van der Waals surface area contributed by atoms with Gasteiger partial charge in [0.1, 0.15) is 0 Å². The molecule has 0 aliphatic heterocycles. The summed E-state index contributed by atoms with van der Waals surface area (Å²) in [5.41, 5.74) is 0.392. The number of anilines is 1. The summed E-state index contributed by atoms with van der Waals surface area (Å²) in [7, 11) is -3.45. The van der Waals surface area contributed by atoms with Crippen LogP contribution < -0.4 is 5.32 Å². The molecule has 2 rings (SSSR count). The number of carbonyl (C=O) groups is 1. The number of hydrogen-bond acceptors (Lipinski definition) is 3. The van der Waals surface area contributed by atoms with Crippen LogP contribution in [-0.4, -0.2) is 20.1 Å². The highest BCUT2D eigenvalue weighted by atomic mass is 35.5. The molecule has 0 bridgehead atoms. The quantitative estimate of drug-likeness (QED) is 0.897. The van der Waals surface area contributed by atoms with Crippen molar-refractivity contribution >= 4 is 44.6 Å². The summed E-state index contributed by atoms with van der Waals surface area (Å²) < 4.78 is 24.1. The second-order valence-electron chi connectivity index (χ2n) is 4.46. The monoisotopic (exact) mass is 357 g/mol. The van der Waals surface area contributed by atoms with Gasteiger partial charge in [-0.25, -0.2) is 8.42 Å². The van der Waals surface area contributed by atoms with Crippen molar-refractivity contribution in [2.24, 2.45) is 0 Å². The highest BCUT2D eigenvalue weighted by Crippen LogP contribution is 2.27. The molecule has 4 nitrogen and oxygen atoms in total.